The standard InChI is InChI=1S/C32H44N2O6/c1-9-23(33-39-11-3)31-25(35)13-21(14-26(31)36)29-17(5)19(7)30(20(8)18(29)6)22-15-27(37)32(28(38)16-22)24(10-2)34-40-12-4/h21-22,31-32H,9-16H2,1-8H3. The Labute approximate surface area is 237 Å². The molecule has 2 saturated carbocycles. The van der Waals surface area contributed by atoms with E-state index in [0.717, 1.165) is 33.4 Å². The van der Waals surface area contributed by atoms with Crippen molar-refractivity contribution >= 4 is 34.6 Å². The number of nitrogens with zero attached hydrogens (tertiary/aromatic N) is 2. The summed E-state index contributed by atoms with van der Waals surface area (Å²) in [7, 11) is 0. The first kappa shape index (κ1) is 31.4. The number of carbonyl (C=O) groups excluding carboxylic acids is 4. The highest BCUT2D eigenvalue weighted by molar-refractivity contribution is 6.23. The number of ketones is 4. The molecule has 0 aromatic heterocycles. The molecule has 2 aliphatic rings. The van der Waals surface area contributed by atoms with Crippen LogP contribution in [0.15, 0.2) is 10.3 Å². The summed E-state index contributed by atoms with van der Waals surface area (Å²) >= 11 is 0. The van der Waals surface area contributed by atoms with Gasteiger partial charge in [0.25, 0.3) is 0 Å². The van der Waals surface area contributed by atoms with Crippen LogP contribution in [0, 0.1) is 39.5 Å². The second-order valence-corrected chi connectivity index (χ2v) is 11.0. The lowest BCUT2D eigenvalue weighted by Crippen LogP contribution is -2.39. The third kappa shape index (κ3) is 6.11. The summed E-state index contributed by atoms with van der Waals surface area (Å²) < 4.78 is 0. The minimum Gasteiger partial charge on any atom is -0.396 e. The van der Waals surface area contributed by atoms with Crippen LogP contribution in [0.4, 0.5) is 0 Å². The van der Waals surface area contributed by atoms with Gasteiger partial charge in [-0.25, -0.2) is 0 Å². The molecule has 2 fully saturated rings. The molecule has 1 aromatic carbocycles. The number of carbonyl (C=O) groups is 4. The summed E-state index contributed by atoms with van der Waals surface area (Å²) in [4.78, 5) is 63.4. The maximum atomic E-state index is 13.3. The van der Waals surface area contributed by atoms with Gasteiger partial charge in [0.05, 0.1) is 11.4 Å². The van der Waals surface area contributed by atoms with Crippen molar-refractivity contribution in [1.82, 2.24) is 0 Å². The minimum absolute atomic E-state index is 0.116. The zero-order chi connectivity index (χ0) is 29.7. The van der Waals surface area contributed by atoms with E-state index in [1.165, 1.54) is 0 Å². The van der Waals surface area contributed by atoms with Gasteiger partial charge in [0.2, 0.25) is 0 Å². The van der Waals surface area contributed by atoms with Crippen LogP contribution in [0.1, 0.15) is 111 Å². The van der Waals surface area contributed by atoms with Crippen molar-refractivity contribution in [3.8, 4) is 0 Å². The van der Waals surface area contributed by atoms with Crippen molar-refractivity contribution in [2.75, 3.05) is 13.2 Å². The van der Waals surface area contributed by atoms with E-state index in [9.17, 15) is 19.2 Å². The summed E-state index contributed by atoms with van der Waals surface area (Å²) in [5, 5.41) is 8.13. The fourth-order valence-corrected chi connectivity index (χ4v) is 6.63. The summed E-state index contributed by atoms with van der Waals surface area (Å²) in [5.41, 5.74) is 7.14. The van der Waals surface area contributed by atoms with Crippen LogP contribution in [0.5, 0.6) is 0 Å². The first-order valence-electron chi connectivity index (χ1n) is 14.6. The number of rotatable bonds is 10. The van der Waals surface area contributed by atoms with Crippen molar-refractivity contribution < 1.29 is 28.9 Å². The van der Waals surface area contributed by atoms with Gasteiger partial charge >= 0.3 is 0 Å². The van der Waals surface area contributed by atoms with E-state index in [2.05, 4.69) is 10.3 Å². The molecule has 0 radical (unpaired) electrons. The normalized spacial score (nSPS) is 24.5. The van der Waals surface area contributed by atoms with Crippen LogP contribution in [0.3, 0.4) is 0 Å². The van der Waals surface area contributed by atoms with E-state index in [-0.39, 0.29) is 60.7 Å². The molecule has 8 nitrogen and oxygen atoms in total. The van der Waals surface area contributed by atoms with E-state index in [1.54, 1.807) is 0 Å². The van der Waals surface area contributed by atoms with Crippen molar-refractivity contribution in [1.29, 1.82) is 0 Å². The fraction of sp³-hybridized carbons (Fsp3) is 0.625. The molecule has 0 heterocycles. The van der Waals surface area contributed by atoms with Gasteiger partial charge in [-0.1, -0.05) is 24.2 Å². The molecular weight excluding hydrogens is 508 g/mol. The zero-order valence-electron chi connectivity index (χ0n) is 25.3. The molecule has 0 N–H and O–H groups in total. The quantitative estimate of drug-likeness (QED) is 0.206. The number of hydrogen-bond donors (Lipinski definition) is 0. The van der Waals surface area contributed by atoms with Gasteiger partial charge in [0, 0.05) is 25.7 Å². The second kappa shape index (κ2) is 13.5. The number of oxime groups is 2. The highest BCUT2D eigenvalue weighted by Crippen LogP contribution is 2.43. The Morgan fingerprint density at radius 1 is 0.575 bits per heavy atom. The summed E-state index contributed by atoms with van der Waals surface area (Å²) in [6, 6.07) is 0. The van der Waals surface area contributed by atoms with Crippen molar-refractivity contribution in [3.63, 3.8) is 0 Å². The average molecular weight is 553 g/mol. The first-order chi connectivity index (χ1) is 19.0. The molecule has 0 atom stereocenters. The molecular formula is C32H44N2O6. The first-order valence-corrected chi connectivity index (χ1v) is 14.6. The van der Waals surface area contributed by atoms with Crippen molar-refractivity contribution in [2.45, 2.75) is 106 Å². The van der Waals surface area contributed by atoms with Crippen LogP contribution in [0.25, 0.3) is 0 Å². The molecule has 0 spiro atoms. The van der Waals surface area contributed by atoms with Gasteiger partial charge in [-0.2, -0.15) is 0 Å². The van der Waals surface area contributed by atoms with Crippen LogP contribution in [0.2, 0.25) is 0 Å². The molecule has 218 valence electrons. The van der Waals surface area contributed by atoms with Crippen molar-refractivity contribution in [2.24, 2.45) is 22.1 Å². The molecule has 8 heteroatoms. The number of hydrogen-bond acceptors (Lipinski definition) is 8. The number of Topliss-reactive ketones (excluding diaryl/α,β-unsaturated/α-hetero) is 4. The van der Waals surface area contributed by atoms with Crippen LogP contribution in [-0.4, -0.2) is 47.8 Å². The SMILES string of the molecule is CCON=C(CC)C1C(=O)CC(c2c(C)c(C)c(C3CC(=O)C(C(CC)=NOCC)C(=O)C3)c(C)c2C)CC1=O. The maximum Gasteiger partial charge on any atom is 0.149 e. The molecule has 0 aliphatic heterocycles. The lowest BCUT2D eigenvalue weighted by atomic mass is 9.68. The Morgan fingerprint density at radius 3 is 1.07 bits per heavy atom. The molecule has 3 rings (SSSR count). The molecule has 1 aromatic rings. The van der Waals surface area contributed by atoms with Crippen molar-refractivity contribution in [3.05, 3.63) is 33.4 Å². The highest BCUT2D eigenvalue weighted by atomic mass is 16.6. The minimum atomic E-state index is -0.832. The van der Waals surface area contributed by atoms with E-state index in [1.807, 2.05) is 55.4 Å². The predicted octanol–water partition coefficient (Wildman–Crippen LogP) is 5.79. The largest absolute Gasteiger partial charge is 0.396 e. The van der Waals surface area contributed by atoms with Crippen LogP contribution >= 0.6 is 0 Å². The second-order valence-electron chi connectivity index (χ2n) is 11.0. The monoisotopic (exact) mass is 552 g/mol. The molecule has 0 amide bonds. The lowest BCUT2D eigenvalue weighted by molar-refractivity contribution is -0.135. The Balaban J connectivity index is 1.93. The summed E-state index contributed by atoms with van der Waals surface area (Å²) in [6.45, 7) is 16.2. The van der Waals surface area contributed by atoms with Gasteiger partial charge in [-0.3, -0.25) is 19.2 Å². The average Bonchev–Trinajstić information content (AvgIpc) is 2.90. The fourth-order valence-electron chi connectivity index (χ4n) is 6.63. The third-order valence-corrected chi connectivity index (χ3v) is 8.65. The predicted molar refractivity (Wildman–Crippen MR) is 155 cm³/mol. The molecule has 2 aliphatic carbocycles. The van der Waals surface area contributed by atoms with Gasteiger partial charge in [0.15, 0.2) is 0 Å². The van der Waals surface area contributed by atoms with E-state index in [0.29, 0.717) is 37.5 Å². The zero-order valence-corrected chi connectivity index (χ0v) is 25.3. The van der Waals surface area contributed by atoms with E-state index in [4.69, 9.17) is 9.68 Å². The smallest absolute Gasteiger partial charge is 0.149 e. The highest BCUT2D eigenvalue weighted by Gasteiger charge is 2.42. The van der Waals surface area contributed by atoms with Gasteiger partial charge in [0.1, 0.15) is 48.2 Å². The van der Waals surface area contributed by atoms with Crippen LogP contribution in [-0.2, 0) is 28.9 Å². The number of benzene rings is 1. The Morgan fingerprint density at radius 2 is 0.850 bits per heavy atom. The third-order valence-electron chi connectivity index (χ3n) is 8.65. The molecule has 0 unspecified atom stereocenters. The van der Waals surface area contributed by atoms with E-state index < -0.39 is 11.8 Å². The van der Waals surface area contributed by atoms with Gasteiger partial charge < -0.3 is 9.68 Å². The van der Waals surface area contributed by atoms with Gasteiger partial charge in [-0.05, 0) is 99.6 Å². The molecule has 0 bridgehead atoms. The van der Waals surface area contributed by atoms with Crippen LogP contribution < -0.4 is 0 Å². The molecule has 40 heavy (non-hydrogen) atoms. The van der Waals surface area contributed by atoms with Gasteiger partial charge in [-0.15, -0.1) is 0 Å². The Kier molecular flexibility index (Phi) is 10.6. The summed E-state index contributed by atoms with van der Waals surface area (Å²) in [6.07, 6.45) is 2.03. The Hall–Kier alpha value is -3.16. The Bertz CT molecular complexity index is 1080. The van der Waals surface area contributed by atoms with E-state index >= 15 is 0 Å². The molecule has 0 saturated heterocycles. The topological polar surface area (TPSA) is 111 Å². The maximum absolute atomic E-state index is 13.3. The lowest BCUT2D eigenvalue weighted by Gasteiger charge is -2.34. The summed E-state index contributed by atoms with van der Waals surface area (Å²) in [5.74, 6) is -2.56.